The number of carbonyl (C=O) groups excluding carboxylic acids is 1. The van der Waals surface area contributed by atoms with Gasteiger partial charge in [0.1, 0.15) is 11.3 Å². The Morgan fingerprint density at radius 1 is 1.29 bits per heavy atom. The number of hydrogen-bond acceptors (Lipinski definition) is 7. The van der Waals surface area contributed by atoms with Gasteiger partial charge in [0, 0.05) is 43.5 Å². The third kappa shape index (κ3) is 4.16. The molecule has 1 amide bonds. The minimum Gasteiger partial charge on any atom is -0.373 e. The number of morpholine rings is 1. The summed E-state index contributed by atoms with van der Waals surface area (Å²) >= 11 is 1.34. The predicted molar refractivity (Wildman–Crippen MR) is 105 cm³/mol. The maximum Gasteiger partial charge on any atom is 0.259 e. The molecule has 0 spiro atoms. The predicted octanol–water partition coefficient (Wildman–Crippen LogP) is 3.09. The second kappa shape index (κ2) is 7.86. The van der Waals surface area contributed by atoms with Gasteiger partial charge >= 0.3 is 0 Å². The Hall–Kier alpha value is -2.49. The van der Waals surface area contributed by atoms with Crippen LogP contribution < -0.4 is 5.32 Å². The molecule has 1 saturated heterocycles. The first kappa shape index (κ1) is 18.9. The number of anilines is 1. The zero-order valence-corrected chi connectivity index (χ0v) is 16.4. The summed E-state index contributed by atoms with van der Waals surface area (Å²) in [5.41, 5.74) is 1.71. The van der Waals surface area contributed by atoms with Gasteiger partial charge in [0.2, 0.25) is 0 Å². The van der Waals surface area contributed by atoms with Crippen molar-refractivity contribution in [2.75, 3.05) is 18.4 Å². The van der Waals surface area contributed by atoms with Gasteiger partial charge in [-0.15, -0.1) is 11.3 Å². The van der Waals surface area contributed by atoms with Gasteiger partial charge < -0.3 is 4.74 Å². The lowest BCUT2D eigenvalue weighted by atomic mass is 10.1. The maximum absolute atomic E-state index is 13.8. The second-order valence-electron chi connectivity index (χ2n) is 6.93. The Morgan fingerprint density at radius 2 is 2.04 bits per heavy atom. The van der Waals surface area contributed by atoms with Crippen LogP contribution in [0.25, 0.3) is 11.0 Å². The summed E-state index contributed by atoms with van der Waals surface area (Å²) < 4.78 is 19.6. The summed E-state index contributed by atoms with van der Waals surface area (Å²) in [6, 6.07) is 2.42. The number of benzene rings is 1. The van der Waals surface area contributed by atoms with Crippen LogP contribution in [0.4, 0.5) is 9.52 Å². The normalized spacial score (nSPS) is 20.4. The van der Waals surface area contributed by atoms with Gasteiger partial charge in [-0.1, -0.05) is 0 Å². The van der Waals surface area contributed by atoms with E-state index in [1.165, 1.54) is 29.8 Å². The Balaban J connectivity index is 1.48. The van der Waals surface area contributed by atoms with Gasteiger partial charge in [0.25, 0.3) is 5.91 Å². The monoisotopic (exact) mass is 401 g/mol. The molecule has 4 rings (SSSR count). The first-order valence-electron chi connectivity index (χ1n) is 9.02. The zero-order valence-electron chi connectivity index (χ0n) is 15.6. The third-order valence-electron chi connectivity index (χ3n) is 4.44. The average molecular weight is 401 g/mol. The van der Waals surface area contributed by atoms with Crippen LogP contribution in [0.15, 0.2) is 29.9 Å². The molecule has 2 unspecified atom stereocenters. The first-order chi connectivity index (χ1) is 13.5. The molecule has 1 aliphatic heterocycles. The highest BCUT2D eigenvalue weighted by molar-refractivity contribution is 7.14. The lowest BCUT2D eigenvalue weighted by molar-refractivity contribution is -0.0707. The summed E-state index contributed by atoms with van der Waals surface area (Å²) in [5.74, 6) is -0.993. The van der Waals surface area contributed by atoms with E-state index in [4.69, 9.17) is 4.74 Å². The SMILES string of the molecule is CC1CN(Cc2csc(NC(=O)c3cc(F)cc4nccnc34)n2)CC(C)O1. The maximum atomic E-state index is 13.8. The fourth-order valence-electron chi connectivity index (χ4n) is 3.46. The van der Waals surface area contributed by atoms with Crippen molar-refractivity contribution in [2.24, 2.45) is 0 Å². The minimum atomic E-state index is -0.534. The topological polar surface area (TPSA) is 80.2 Å². The molecule has 3 heterocycles. The van der Waals surface area contributed by atoms with Crippen LogP contribution in [0.5, 0.6) is 0 Å². The van der Waals surface area contributed by atoms with E-state index in [2.05, 4.69) is 39.0 Å². The number of nitrogens with zero attached hydrogens (tertiary/aromatic N) is 4. The fraction of sp³-hybridized carbons (Fsp3) is 0.368. The Morgan fingerprint density at radius 3 is 2.82 bits per heavy atom. The van der Waals surface area contributed by atoms with Crippen molar-refractivity contribution in [3.05, 3.63) is 47.0 Å². The number of hydrogen-bond donors (Lipinski definition) is 1. The first-order valence-corrected chi connectivity index (χ1v) is 9.89. The lowest BCUT2D eigenvalue weighted by Crippen LogP contribution is -2.44. The van der Waals surface area contributed by atoms with E-state index in [1.807, 2.05) is 5.38 Å². The molecule has 28 heavy (non-hydrogen) atoms. The van der Waals surface area contributed by atoms with E-state index in [0.717, 1.165) is 24.8 Å². The van der Waals surface area contributed by atoms with E-state index < -0.39 is 11.7 Å². The van der Waals surface area contributed by atoms with E-state index in [-0.39, 0.29) is 17.8 Å². The molecule has 1 fully saturated rings. The van der Waals surface area contributed by atoms with Crippen molar-refractivity contribution < 1.29 is 13.9 Å². The van der Waals surface area contributed by atoms with Crippen LogP contribution in [0, 0.1) is 5.82 Å². The molecule has 9 heteroatoms. The average Bonchev–Trinajstić information content (AvgIpc) is 3.06. The molecule has 1 aromatic carbocycles. The van der Waals surface area contributed by atoms with E-state index >= 15 is 0 Å². The molecule has 0 bridgehead atoms. The largest absolute Gasteiger partial charge is 0.373 e. The highest BCUT2D eigenvalue weighted by atomic mass is 32.1. The summed E-state index contributed by atoms with van der Waals surface area (Å²) in [6.07, 6.45) is 3.31. The highest BCUT2D eigenvalue weighted by Crippen LogP contribution is 2.22. The standard InChI is InChI=1S/C19H20FN5O2S/c1-11-7-25(8-12(2)27-11)9-14-10-28-19(23-14)24-18(26)15-5-13(20)6-16-17(15)22-4-3-21-16/h3-6,10-12H,7-9H2,1-2H3,(H,23,24,26). The molecule has 1 aliphatic rings. The Labute approximate surface area is 165 Å². The summed E-state index contributed by atoms with van der Waals surface area (Å²) in [7, 11) is 0. The summed E-state index contributed by atoms with van der Waals surface area (Å²) in [4.78, 5) is 27.7. The van der Waals surface area contributed by atoms with Crippen molar-refractivity contribution in [3.8, 4) is 0 Å². The van der Waals surface area contributed by atoms with Crippen LogP contribution in [-0.2, 0) is 11.3 Å². The van der Waals surface area contributed by atoms with Gasteiger partial charge in [-0.3, -0.25) is 25.0 Å². The van der Waals surface area contributed by atoms with Crippen molar-refractivity contribution in [1.82, 2.24) is 19.9 Å². The number of aromatic nitrogens is 3. The summed E-state index contributed by atoms with van der Waals surface area (Å²) in [6.45, 7) is 6.50. The van der Waals surface area contributed by atoms with Crippen molar-refractivity contribution in [3.63, 3.8) is 0 Å². The minimum absolute atomic E-state index is 0.135. The van der Waals surface area contributed by atoms with Crippen LogP contribution in [0.3, 0.4) is 0 Å². The molecular weight excluding hydrogens is 381 g/mol. The molecule has 146 valence electrons. The van der Waals surface area contributed by atoms with Crippen LogP contribution >= 0.6 is 11.3 Å². The van der Waals surface area contributed by atoms with Gasteiger partial charge in [0.05, 0.1) is 29.0 Å². The van der Waals surface area contributed by atoms with Crippen LogP contribution in [0.1, 0.15) is 29.9 Å². The molecule has 3 aromatic rings. The number of amides is 1. The van der Waals surface area contributed by atoms with Crippen LogP contribution in [-0.4, -0.2) is 51.1 Å². The van der Waals surface area contributed by atoms with E-state index in [0.29, 0.717) is 22.7 Å². The zero-order chi connectivity index (χ0) is 19.7. The molecule has 0 saturated carbocycles. The quantitative estimate of drug-likeness (QED) is 0.724. The van der Waals surface area contributed by atoms with Crippen LogP contribution in [0.2, 0.25) is 0 Å². The number of nitrogens with one attached hydrogen (secondary N) is 1. The molecule has 7 nitrogen and oxygen atoms in total. The van der Waals surface area contributed by atoms with Gasteiger partial charge in [0.15, 0.2) is 5.13 Å². The van der Waals surface area contributed by atoms with Crippen molar-refractivity contribution >= 4 is 33.4 Å². The number of ether oxygens (including phenoxy) is 1. The number of halogens is 1. The number of carbonyl (C=O) groups is 1. The number of thiazole rings is 1. The molecular formula is C19H20FN5O2S. The fourth-order valence-corrected chi connectivity index (χ4v) is 4.15. The Kier molecular flexibility index (Phi) is 5.29. The molecule has 2 atom stereocenters. The van der Waals surface area contributed by atoms with Crippen molar-refractivity contribution in [1.29, 1.82) is 0 Å². The summed E-state index contributed by atoms with van der Waals surface area (Å²) in [5, 5.41) is 5.13. The molecule has 2 aromatic heterocycles. The van der Waals surface area contributed by atoms with Gasteiger partial charge in [-0.2, -0.15) is 0 Å². The van der Waals surface area contributed by atoms with E-state index in [9.17, 15) is 9.18 Å². The smallest absolute Gasteiger partial charge is 0.259 e. The van der Waals surface area contributed by atoms with Gasteiger partial charge in [-0.25, -0.2) is 9.37 Å². The number of fused-ring (bicyclic) bond motifs is 1. The molecule has 0 aliphatic carbocycles. The highest BCUT2D eigenvalue weighted by Gasteiger charge is 2.23. The second-order valence-corrected chi connectivity index (χ2v) is 7.79. The van der Waals surface area contributed by atoms with Crippen molar-refractivity contribution in [2.45, 2.75) is 32.6 Å². The van der Waals surface area contributed by atoms with E-state index in [1.54, 1.807) is 0 Å². The number of rotatable bonds is 4. The third-order valence-corrected chi connectivity index (χ3v) is 5.24. The Bertz CT molecular complexity index is 1000. The van der Waals surface area contributed by atoms with Gasteiger partial charge in [-0.05, 0) is 19.9 Å². The molecule has 1 N–H and O–H groups in total. The molecule has 0 radical (unpaired) electrons. The lowest BCUT2D eigenvalue weighted by Gasteiger charge is -2.34.